The van der Waals surface area contributed by atoms with E-state index >= 15 is 0 Å². The Morgan fingerprint density at radius 1 is 1.17 bits per heavy atom. The Bertz CT molecular complexity index is 1640. The number of ketones is 1. The number of hydrogen-bond acceptors (Lipinski definition) is 8. The van der Waals surface area contributed by atoms with Crippen LogP contribution in [0.4, 0.5) is 15.2 Å². The zero-order valence-electron chi connectivity index (χ0n) is 17.9. The number of halogens is 1. The highest BCUT2D eigenvalue weighted by Gasteiger charge is 2.20. The van der Waals surface area contributed by atoms with E-state index in [0.29, 0.717) is 16.6 Å². The predicted molar refractivity (Wildman–Crippen MR) is 125 cm³/mol. The van der Waals surface area contributed by atoms with E-state index in [1.54, 1.807) is 24.5 Å². The van der Waals surface area contributed by atoms with E-state index < -0.39 is 16.6 Å². The van der Waals surface area contributed by atoms with Gasteiger partial charge in [0.2, 0.25) is 5.95 Å². The molecule has 0 spiro atoms. The Kier molecular flexibility index (Phi) is 5.37. The third kappa shape index (κ3) is 4.15. The Balaban J connectivity index is 1.64. The van der Waals surface area contributed by atoms with E-state index in [0.717, 1.165) is 11.3 Å². The molecule has 0 saturated heterocycles. The fourth-order valence-corrected chi connectivity index (χ4v) is 4.07. The average molecular weight is 491 g/mol. The summed E-state index contributed by atoms with van der Waals surface area (Å²) in [6, 6.07) is 9.93. The molecule has 0 bridgehead atoms. The van der Waals surface area contributed by atoms with Crippen LogP contribution in [0, 0.1) is 15.9 Å². The van der Waals surface area contributed by atoms with Crippen molar-refractivity contribution in [3.05, 3.63) is 87.4 Å². The molecule has 0 atom stereocenters. The second kappa shape index (κ2) is 8.53. The monoisotopic (exact) mass is 491 g/mol. The molecule has 4 heterocycles. The minimum absolute atomic E-state index is 0.0896. The van der Waals surface area contributed by atoms with Gasteiger partial charge in [-0.15, -0.1) is 0 Å². The van der Waals surface area contributed by atoms with E-state index in [2.05, 4.69) is 20.4 Å². The van der Waals surface area contributed by atoms with E-state index in [9.17, 15) is 24.1 Å². The number of nitro groups is 1. The quantitative estimate of drug-likeness (QED) is 0.214. The summed E-state index contributed by atoms with van der Waals surface area (Å²) in [5, 5.41) is 18.1. The Morgan fingerprint density at radius 3 is 2.69 bits per heavy atom. The molecule has 0 fully saturated rings. The lowest BCUT2D eigenvalue weighted by Gasteiger charge is -2.09. The van der Waals surface area contributed by atoms with Crippen LogP contribution in [0.15, 0.2) is 61.1 Å². The Morgan fingerprint density at radius 2 is 2.00 bits per heavy atom. The molecule has 35 heavy (non-hydrogen) atoms. The number of aromatic nitrogens is 5. The zero-order chi connectivity index (χ0) is 24.7. The summed E-state index contributed by atoms with van der Waals surface area (Å²) in [5.74, 6) is -1.01. The van der Waals surface area contributed by atoms with Crippen LogP contribution in [0.5, 0.6) is 0 Å². The van der Waals surface area contributed by atoms with Gasteiger partial charge in [-0.1, -0.05) is 17.4 Å². The number of carbonyl (C=O) groups excluding carboxylic acids is 2. The molecule has 5 rings (SSSR count). The van der Waals surface area contributed by atoms with Crippen LogP contribution in [0.3, 0.4) is 0 Å². The van der Waals surface area contributed by atoms with Gasteiger partial charge in [0.1, 0.15) is 11.6 Å². The number of hydrogen-bond donors (Lipinski definition) is 1. The SMILES string of the molecule is CC(=O)c1ccn(-c2nc(NC(=O)c3ccc([N+](=O)[O-])s3)c3cnn(-c4cccc(F)c4)c3n2)c1. The molecule has 0 unspecified atom stereocenters. The molecule has 0 aliphatic rings. The largest absolute Gasteiger partial charge is 0.324 e. The predicted octanol–water partition coefficient (Wildman–Crippen LogP) is 4.17. The van der Waals surface area contributed by atoms with Crippen molar-refractivity contribution in [3.8, 4) is 11.6 Å². The smallest absolute Gasteiger partial charge is 0.305 e. The van der Waals surface area contributed by atoms with E-state index in [1.807, 2.05) is 0 Å². The van der Waals surface area contributed by atoms with Gasteiger partial charge in [0.25, 0.3) is 5.91 Å². The second-order valence-electron chi connectivity index (χ2n) is 7.36. The van der Waals surface area contributed by atoms with Gasteiger partial charge in [-0.25, -0.2) is 9.07 Å². The van der Waals surface area contributed by atoms with Gasteiger partial charge < -0.3 is 5.32 Å². The number of amides is 1. The van der Waals surface area contributed by atoms with Crippen LogP contribution in [0.2, 0.25) is 0 Å². The van der Waals surface area contributed by atoms with Crippen LogP contribution < -0.4 is 5.32 Å². The summed E-state index contributed by atoms with van der Waals surface area (Å²) in [7, 11) is 0. The van der Waals surface area contributed by atoms with E-state index in [-0.39, 0.29) is 33.1 Å². The number of thiophene rings is 1. The van der Waals surface area contributed by atoms with E-state index in [1.165, 1.54) is 52.7 Å². The summed E-state index contributed by atoms with van der Waals surface area (Å²) >= 11 is 0.725. The van der Waals surface area contributed by atoms with Gasteiger partial charge >= 0.3 is 5.00 Å². The van der Waals surface area contributed by atoms with Crippen molar-refractivity contribution in [3.63, 3.8) is 0 Å². The molecule has 13 heteroatoms. The molecule has 0 aliphatic carbocycles. The zero-order valence-corrected chi connectivity index (χ0v) is 18.7. The number of anilines is 1. The number of nitrogens with zero attached hydrogens (tertiary/aromatic N) is 6. The number of nitrogens with one attached hydrogen (secondary N) is 1. The molecule has 1 amide bonds. The number of rotatable bonds is 6. The summed E-state index contributed by atoms with van der Waals surface area (Å²) in [5.41, 5.74) is 1.10. The molecule has 4 aromatic heterocycles. The lowest BCUT2D eigenvalue weighted by molar-refractivity contribution is -0.380. The van der Waals surface area contributed by atoms with Gasteiger partial charge in [-0.05, 0) is 37.3 Å². The highest BCUT2D eigenvalue weighted by Crippen LogP contribution is 2.28. The summed E-state index contributed by atoms with van der Waals surface area (Å²) in [6.07, 6.45) is 4.56. The number of Topliss-reactive ketones (excluding diaryl/α,β-unsaturated/α-hetero) is 1. The molecule has 11 nitrogen and oxygen atoms in total. The highest BCUT2D eigenvalue weighted by atomic mass is 32.1. The van der Waals surface area contributed by atoms with Crippen molar-refractivity contribution in [2.24, 2.45) is 0 Å². The maximum Gasteiger partial charge on any atom is 0.324 e. The number of carbonyl (C=O) groups is 2. The first-order valence-electron chi connectivity index (χ1n) is 10.1. The van der Waals surface area contributed by atoms with Gasteiger partial charge in [0, 0.05) is 24.0 Å². The minimum atomic E-state index is -0.607. The standard InChI is InChI=1S/C22H14FN7O4S/c1-12(31)13-7-8-28(11-13)22-26-19(25-21(32)17-5-6-18(35-17)30(33)34)16-10-24-29(20(16)27-22)15-4-2-3-14(23)9-15/h2-11H,1H3,(H,25,26,27,32). The maximum atomic E-state index is 13.9. The van der Waals surface area contributed by atoms with Crippen LogP contribution in [0.1, 0.15) is 27.0 Å². The third-order valence-corrected chi connectivity index (χ3v) is 6.06. The van der Waals surface area contributed by atoms with Crippen molar-refractivity contribution in [2.75, 3.05) is 5.32 Å². The van der Waals surface area contributed by atoms with Gasteiger partial charge in [0.15, 0.2) is 11.4 Å². The molecule has 5 aromatic rings. The number of fused-ring (bicyclic) bond motifs is 1. The van der Waals surface area contributed by atoms with Gasteiger partial charge in [0.05, 0.1) is 27.1 Å². The summed E-state index contributed by atoms with van der Waals surface area (Å²) < 4.78 is 16.8. The summed E-state index contributed by atoms with van der Waals surface area (Å²) in [6.45, 7) is 1.43. The average Bonchev–Trinajstić information content (AvgIpc) is 3.58. The fourth-order valence-electron chi connectivity index (χ4n) is 3.35. The molecule has 1 aromatic carbocycles. The van der Waals surface area contributed by atoms with Crippen molar-refractivity contribution in [1.82, 2.24) is 24.3 Å². The highest BCUT2D eigenvalue weighted by molar-refractivity contribution is 7.17. The molecule has 0 radical (unpaired) electrons. The van der Waals surface area contributed by atoms with Crippen LogP contribution in [-0.4, -0.2) is 40.9 Å². The minimum Gasteiger partial charge on any atom is -0.305 e. The topological polar surface area (TPSA) is 138 Å². The molecule has 0 aliphatic heterocycles. The van der Waals surface area contributed by atoms with Crippen molar-refractivity contribution >= 4 is 44.9 Å². The van der Waals surface area contributed by atoms with Crippen molar-refractivity contribution < 1.29 is 18.9 Å². The van der Waals surface area contributed by atoms with E-state index in [4.69, 9.17) is 0 Å². The maximum absolute atomic E-state index is 13.9. The first-order chi connectivity index (χ1) is 16.8. The Labute approximate surface area is 199 Å². The number of benzene rings is 1. The molecule has 174 valence electrons. The van der Waals surface area contributed by atoms with Gasteiger partial charge in [-0.3, -0.25) is 24.3 Å². The summed E-state index contributed by atoms with van der Waals surface area (Å²) in [4.78, 5) is 44.1. The molecule has 0 saturated carbocycles. The van der Waals surface area contributed by atoms with Crippen LogP contribution in [0.25, 0.3) is 22.7 Å². The first-order valence-corrected chi connectivity index (χ1v) is 10.9. The Hall–Kier alpha value is -4.78. The lowest BCUT2D eigenvalue weighted by atomic mass is 10.2. The van der Waals surface area contributed by atoms with Crippen molar-refractivity contribution in [1.29, 1.82) is 0 Å². The second-order valence-corrected chi connectivity index (χ2v) is 8.42. The van der Waals surface area contributed by atoms with Crippen LogP contribution >= 0.6 is 11.3 Å². The molecular weight excluding hydrogens is 477 g/mol. The fraction of sp³-hybridized carbons (Fsp3) is 0.0455. The van der Waals surface area contributed by atoms with Crippen LogP contribution in [-0.2, 0) is 0 Å². The molecular formula is C22H14FN7O4S. The van der Waals surface area contributed by atoms with Crippen molar-refractivity contribution in [2.45, 2.75) is 6.92 Å². The first kappa shape index (κ1) is 22.0. The van der Waals surface area contributed by atoms with Gasteiger partial charge in [-0.2, -0.15) is 15.1 Å². The normalized spacial score (nSPS) is 11.0. The lowest BCUT2D eigenvalue weighted by Crippen LogP contribution is -2.14. The third-order valence-electron chi connectivity index (χ3n) is 5.03. The molecule has 1 N–H and O–H groups in total.